The topological polar surface area (TPSA) is 88.0 Å². The summed E-state index contributed by atoms with van der Waals surface area (Å²) >= 11 is 0. The Hall–Kier alpha value is -1.62. The van der Waals surface area contributed by atoms with Crippen LogP contribution in [0.1, 0.15) is 23.2 Å². The number of H-pyrrole nitrogens is 1. The van der Waals surface area contributed by atoms with E-state index in [2.05, 4.69) is 10.3 Å². The molecule has 1 fully saturated rings. The molecule has 1 aliphatic carbocycles. The van der Waals surface area contributed by atoms with Crippen LogP contribution in [0.15, 0.2) is 23.3 Å². The number of nitrogens with one attached hydrogen (secondary N) is 2. The van der Waals surface area contributed by atoms with Gasteiger partial charge in [0, 0.05) is 31.0 Å². The Kier molecular flexibility index (Phi) is 3.05. The largest absolute Gasteiger partial charge is 0.367 e. The van der Waals surface area contributed by atoms with Crippen molar-refractivity contribution < 1.29 is 4.79 Å². The SMILES string of the molecule is NC(CNC(=O)c1c[nH]ccc1=O)C1CC1. The summed E-state index contributed by atoms with van der Waals surface area (Å²) in [6, 6.07) is 1.34. The van der Waals surface area contributed by atoms with Crippen LogP contribution in [0.5, 0.6) is 0 Å². The van der Waals surface area contributed by atoms with Gasteiger partial charge in [-0.05, 0) is 18.8 Å². The van der Waals surface area contributed by atoms with Crippen molar-refractivity contribution in [3.8, 4) is 0 Å². The lowest BCUT2D eigenvalue weighted by atomic mass is 10.2. The smallest absolute Gasteiger partial charge is 0.256 e. The summed E-state index contributed by atoms with van der Waals surface area (Å²) in [5.74, 6) is 0.173. The Morgan fingerprint density at radius 3 is 3.00 bits per heavy atom. The van der Waals surface area contributed by atoms with Crippen LogP contribution in [-0.4, -0.2) is 23.5 Å². The van der Waals surface area contributed by atoms with Crippen LogP contribution in [0.25, 0.3) is 0 Å². The van der Waals surface area contributed by atoms with Crippen LogP contribution < -0.4 is 16.5 Å². The first-order valence-corrected chi connectivity index (χ1v) is 5.39. The molecule has 0 aromatic carbocycles. The van der Waals surface area contributed by atoms with Crippen molar-refractivity contribution in [1.82, 2.24) is 10.3 Å². The first-order chi connectivity index (χ1) is 7.68. The van der Waals surface area contributed by atoms with E-state index in [1.165, 1.54) is 18.5 Å². The van der Waals surface area contributed by atoms with Gasteiger partial charge in [-0.1, -0.05) is 0 Å². The minimum atomic E-state index is -0.363. The van der Waals surface area contributed by atoms with E-state index in [1.807, 2.05) is 0 Å². The summed E-state index contributed by atoms with van der Waals surface area (Å²) in [7, 11) is 0. The molecule has 2 rings (SSSR count). The number of amides is 1. The molecule has 1 heterocycles. The van der Waals surface area contributed by atoms with Crippen molar-refractivity contribution in [2.24, 2.45) is 11.7 Å². The van der Waals surface area contributed by atoms with Crippen molar-refractivity contribution in [3.05, 3.63) is 34.2 Å². The highest BCUT2D eigenvalue weighted by molar-refractivity contribution is 5.93. The molecular formula is C11H15N3O2. The Balaban J connectivity index is 1.92. The number of carbonyl (C=O) groups excluding carboxylic acids is 1. The second-order valence-corrected chi connectivity index (χ2v) is 4.13. The van der Waals surface area contributed by atoms with Gasteiger partial charge in [-0.15, -0.1) is 0 Å². The average Bonchev–Trinajstić information content (AvgIpc) is 3.10. The van der Waals surface area contributed by atoms with E-state index in [0.717, 1.165) is 12.8 Å². The molecular weight excluding hydrogens is 206 g/mol. The molecule has 0 bridgehead atoms. The third kappa shape index (κ3) is 2.49. The van der Waals surface area contributed by atoms with Crippen LogP contribution >= 0.6 is 0 Å². The summed E-state index contributed by atoms with van der Waals surface area (Å²) < 4.78 is 0. The van der Waals surface area contributed by atoms with Gasteiger partial charge in [-0.2, -0.15) is 0 Å². The van der Waals surface area contributed by atoms with Gasteiger partial charge in [0.25, 0.3) is 5.91 Å². The number of rotatable bonds is 4. The third-order valence-electron chi connectivity index (χ3n) is 2.79. The van der Waals surface area contributed by atoms with E-state index in [0.29, 0.717) is 12.5 Å². The van der Waals surface area contributed by atoms with Crippen molar-refractivity contribution >= 4 is 5.91 Å². The van der Waals surface area contributed by atoms with Gasteiger partial charge in [0.1, 0.15) is 5.56 Å². The highest BCUT2D eigenvalue weighted by Gasteiger charge is 2.28. The first-order valence-electron chi connectivity index (χ1n) is 5.39. The van der Waals surface area contributed by atoms with E-state index in [4.69, 9.17) is 5.73 Å². The van der Waals surface area contributed by atoms with E-state index in [1.54, 1.807) is 0 Å². The Morgan fingerprint density at radius 1 is 1.62 bits per heavy atom. The predicted octanol–water partition coefficient (Wildman–Crippen LogP) is -0.158. The highest BCUT2D eigenvalue weighted by atomic mass is 16.2. The van der Waals surface area contributed by atoms with Crippen molar-refractivity contribution in [3.63, 3.8) is 0 Å². The highest BCUT2D eigenvalue weighted by Crippen LogP contribution is 2.31. The van der Waals surface area contributed by atoms with Crippen LogP contribution in [0.3, 0.4) is 0 Å². The number of hydrogen-bond acceptors (Lipinski definition) is 3. The molecule has 1 aliphatic rings. The van der Waals surface area contributed by atoms with Gasteiger partial charge in [0.15, 0.2) is 5.43 Å². The molecule has 5 heteroatoms. The fourth-order valence-electron chi connectivity index (χ4n) is 1.59. The molecule has 1 atom stereocenters. The summed E-state index contributed by atoms with van der Waals surface area (Å²) in [5.41, 5.74) is 5.69. The summed E-state index contributed by atoms with van der Waals surface area (Å²) in [6.45, 7) is 0.428. The monoisotopic (exact) mass is 221 g/mol. The normalized spacial score (nSPS) is 16.8. The van der Waals surface area contributed by atoms with Crippen LogP contribution in [-0.2, 0) is 0 Å². The molecule has 4 N–H and O–H groups in total. The second-order valence-electron chi connectivity index (χ2n) is 4.13. The Labute approximate surface area is 93.0 Å². The standard InChI is InChI=1S/C11H15N3O2/c12-9(7-1-2-7)6-14-11(16)8-5-13-4-3-10(8)15/h3-5,7,9H,1-2,6,12H2,(H,13,15)(H,14,16). The lowest BCUT2D eigenvalue weighted by Crippen LogP contribution is -2.39. The van der Waals surface area contributed by atoms with E-state index >= 15 is 0 Å². The third-order valence-corrected chi connectivity index (χ3v) is 2.79. The average molecular weight is 221 g/mol. The van der Waals surface area contributed by atoms with Gasteiger partial charge >= 0.3 is 0 Å². The Bertz CT molecular complexity index is 437. The summed E-state index contributed by atoms with van der Waals surface area (Å²) in [5, 5.41) is 2.68. The van der Waals surface area contributed by atoms with E-state index in [-0.39, 0.29) is 22.9 Å². The molecule has 16 heavy (non-hydrogen) atoms. The molecule has 0 saturated heterocycles. The maximum atomic E-state index is 11.6. The molecule has 0 radical (unpaired) electrons. The molecule has 0 aliphatic heterocycles. The number of aromatic nitrogens is 1. The molecule has 0 spiro atoms. The number of aromatic amines is 1. The molecule has 1 aromatic rings. The molecule has 5 nitrogen and oxygen atoms in total. The van der Waals surface area contributed by atoms with Gasteiger partial charge < -0.3 is 16.0 Å². The predicted molar refractivity (Wildman–Crippen MR) is 60.1 cm³/mol. The molecule has 1 saturated carbocycles. The Morgan fingerprint density at radius 2 is 2.38 bits per heavy atom. The molecule has 1 unspecified atom stereocenters. The van der Waals surface area contributed by atoms with Crippen LogP contribution in [0, 0.1) is 5.92 Å². The lowest BCUT2D eigenvalue weighted by molar-refractivity contribution is 0.0949. The van der Waals surface area contributed by atoms with Crippen molar-refractivity contribution in [1.29, 1.82) is 0 Å². The summed E-state index contributed by atoms with van der Waals surface area (Å²) in [6.07, 6.45) is 5.18. The van der Waals surface area contributed by atoms with E-state index < -0.39 is 0 Å². The first kappa shape index (κ1) is 10.9. The molecule has 1 aromatic heterocycles. The zero-order valence-corrected chi connectivity index (χ0v) is 8.90. The zero-order chi connectivity index (χ0) is 11.5. The van der Waals surface area contributed by atoms with Gasteiger partial charge in [0.2, 0.25) is 0 Å². The maximum Gasteiger partial charge on any atom is 0.256 e. The molecule has 1 amide bonds. The maximum absolute atomic E-state index is 11.6. The van der Waals surface area contributed by atoms with Crippen molar-refractivity contribution in [2.75, 3.05) is 6.54 Å². The number of nitrogens with two attached hydrogens (primary N) is 1. The number of hydrogen-bond donors (Lipinski definition) is 3. The number of pyridine rings is 1. The lowest BCUT2D eigenvalue weighted by Gasteiger charge is -2.10. The van der Waals surface area contributed by atoms with Crippen LogP contribution in [0.2, 0.25) is 0 Å². The minimum Gasteiger partial charge on any atom is -0.367 e. The minimum absolute atomic E-state index is 0.00624. The van der Waals surface area contributed by atoms with E-state index in [9.17, 15) is 9.59 Å². The summed E-state index contributed by atoms with van der Waals surface area (Å²) in [4.78, 5) is 25.7. The van der Waals surface area contributed by atoms with Crippen LogP contribution in [0.4, 0.5) is 0 Å². The fourth-order valence-corrected chi connectivity index (χ4v) is 1.59. The van der Waals surface area contributed by atoms with Gasteiger partial charge in [-0.25, -0.2) is 0 Å². The van der Waals surface area contributed by atoms with Crippen molar-refractivity contribution in [2.45, 2.75) is 18.9 Å². The van der Waals surface area contributed by atoms with Gasteiger partial charge in [-0.3, -0.25) is 9.59 Å². The van der Waals surface area contributed by atoms with Gasteiger partial charge in [0.05, 0.1) is 0 Å². The second kappa shape index (κ2) is 4.49. The quantitative estimate of drug-likeness (QED) is 0.660. The molecule has 86 valence electrons. The zero-order valence-electron chi connectivity index (χ0n) is 8.90. The number of carbonyl (C=O) groups is 1. The fraction of sp³-hybridized carbons (Fsp3) is 0.455.